The van der Waals surface area contributed by atoms with E-state index in [2.05, 4.69) is 0 Å². The third-order valence-electron chi connectivity index (χ3n) is 3.97. The molecule has 0 spiro atoms. The summed E-state index contributed by atoms with van der Waals surface area (Å²) in [5, 5.41) is -0.266. The highest BCUT2D eigenvalue weighted by Gasteiger charge is 2.35. The molecule has 1 aliphatic rings. The summed E-state index contributed by atoms with van der Waals surface area (Å²) in [7, 11) is 3.13. The maximum absolute atomic E-state index is 12.7. The highest BCUT2D eigenvalue weighted by molar-refractivity contribution is 8.18. The molecule has 2 aromatic carbocycles. The molecule has 1 saturated heterocycles. The molecule has 0 atom stereocenters. The highest BCUT2D eigenvalue weighted by atomic mass is 32.2. The van der Waals surface area contributed by atoms with Gasteiger partial charge in [0.2, 0.25) is 0 Å². The number of ether oxygens (including phenoxy) is 2. The molecule has 2 amide bonds. The summed E-state index contributed by atoms with van der Waals surface area (Å²) < 4.78 is 10.5. The number of carbonyl (C=O) groups is 2. The molecule has 0 unspecified atom stereocenters. The summed E-state index contributed by atoms with van der Waals surface area (Å²) in [4.78, 5) is 26.6. The van der Waals surface area contributed by atoms with Crippen molar-refractivity contribution in [1.29, 1.82) is 0 Å². The Morgan fingerprint density at radius 1 is 1.04 bits per heavy atom. The molecular formula is C20H19NO4S. The number of aryl methyl sites for hydroxylation is 1. The molecule has 0 bridgehead atoms. The number of carbonyl (C=O) groups excluding carboxylic acids is 2. The van der Waals surface area contributed by atoms with Crippen molar-refractivity contribution >= 4 is 29.0 Å². The Morgan fingerprint density at radius 2 is 1.73 bits per heavy atom. The third kappa shape index (κ3) is 3.91. The average molecular weight is 369 g/mol. The van der Waals surface area contributed by atoms with E-state index in [0.717, 1.165) is 28.5 Å². The van der Waals surface area contributed by atoms with Crippen LogP contribution in [0.5, 0.6) is 11.5 Å². The van der Waals surface area contributed by atoms with Gasteiger partial charge in [0.1, 0.15) is 11.5 Å². The molecule has 5 nitrogen and oxygen atoms in total. The van der Waals surface area contributed by atoms with Crippen LogP contribution in [0.2, 0.25) is 0 Å². The van der Waals surface area contributed by atoms with Crippen LogP contribution in [0.25, 0.3) is 6.08 Å². The van der Waals surface area contributed by atoms with Crippen LogP contribution in [-0.2, 0) is 11.3 Å². The van der Waals surface area contributed by atoms with E-state index >= 15 is 0 Å². The van der Waals surface area contributed by atoms with Crippen LogP contribution in [0.3, 0.4) is 0 Å². The van der Waals surface area contributed by atoms with Crippen molar-refractivity contribution in [3.63, 3.8) is 0 Å². The fourth-order valence-electron chi connectivity index (χ4n) is 2.69. The lowest BCUT2D eigenvalue weighted by Crippen LogP contribution is -2.27. The summed E-state index contributed by atoms with van der Waals surface area (Å²) in [6, 6.07) is 13.1. The number of amides is 2. The minimum absolute atomic E-state index is 0.266. The van der Waals surface area contributed by atoms with Gasteiger partial charge >= 0.3 is 0 Å². The van der Waals surface area contributed by atoms with Gasteiger partial charge in [-0.1, -0.05) is 29.8 Å². The first-order valence-electron chi connectivity index (χ1n) is 8.04. The van der Waals surface area contributed by atoms with Crippen LogP contribution in [0.15, 0.2) is 47.4 Å². The monoisotopic (exact) mass is 369 g/mol. The molecule has 26 heavy (non-hydrogen) atoms. The van der Waals surface area contributed by atoms with Crippen molar-refractivity contribution in [3.05, 3.63) is 64.1 Å². The number of hydrogen-bond acceptors (Lipinski definition) is 5. The van der Waals surface area contributed by atoms with E-state index in [0.29, 0.717) is 16.4 Å². The van der Waals surface area contributed by atoms with E-state index in [9.17, 15) is 9.59 Å². The summed E-state index contributed by atoms with van der Waals surface area (Å²) >= 11 is 0.944. The minimum atomic E-state index is -0.289. The molecule has 0 radical (unpaired) electrons. The average Bonchev–Trinajstić information content (AvgIpc) is 2.89. The molecule has 134 valence electrons. The Kier molecular flexibility index (Phi) is 5.32. The number of hydrogen-bond donors (Lipinski definition) is 0. The smallest absolute Gasteiger partial charge is 0.293 e. The lowest BCUT2D eigenvalue weighted by atomic mass is 10.1. The summed E-state index contributed by atoms with van der Waals surface area (Å²) in [6.45, 7) is 2.25. The van der Waals surface area contributed by atoms with Gasteiger partial charge in [-0.15, -0.1) is 0 Å². The van der Waals surface area contributed by atoms with Gasteiger partial charge in [0.25, 0.3) is 11.1 Å². The fraction of sp³-hybridized carbons (Fsp3) is 0.200. The summed E-state index contributed by atoms with van der Waals surface area (Å²) in [6.07, 6.45) is 1.69. The van der Waals surface area contributed by atoms with E-state index in [1.807, 2.05) is 31.2 Å². The highest BCUT2D eigenvalue weighted by Crippen LogP contribution is 2.34. The topological polar surface area (TPSA) is 55.8 Å². The number of methoxy groups -OCH3 is 2. The number of imide groups is 1. The van der Waals surface area contributed by atoms with E-state index in [-0.39, 0.29) is 17.7 Å². The molecule has 0 aromatic heterocycles. The van der Waals surface area contributed by atoms with Crippen LogP contribution in [0, 0.1) is 6.92 Å². The van der Waals surface area contributed by atoms with Gasteiger partial charge in [-0.3, -0.25) is 14.5 Å². The van der Waals surface area contributed by atoms with Gasteiger partial charge in [-0.25, -0.2) is 0 Å². The first-order chi connectivity index (χ1) is 12.5. The number of benzene rings is 2. The summed E-state index contributed by atoms with van der Waals surface area (Å²) in [5.41, 5.74) is 2.76. The quantitative estimate of drug-likeness (QED) is 0.738. The molecule has 1 heterocycles. The minimum Gasteiger partial charge on any atom is -0.497 e. The van der Waals surface area contributed by atoms with Gasteiger partial charge in [0, 0.05) is 6.07 Å². The lowest BCUT2D eigenvalue weighted by Gasteiger charge is -2.12. The molecular weight excluding hydrogens is 350 g/mol. The first kappa shape index (κ1) is 18.1. The predicted octanol–water partition coefficient (Wildman–Crippen LogP) is 4.25. The molecule has 0 aliphatic carbocycles. The van der Waals surface area contributed by atoms with Crippen molar-refractivity contribution < 1.29 is 19.1 Å². The van der Waals surface area contributed by atoms with Crippen LogP contribution in [-0.4, -0.2) is 30.3 Å². The SMILES string of the molecule is COc1cc(/C=C2\SC(=O)N(Cc3cccc(C)c3)C2=O)cc(OC)c1. The van der Waals surface area contributed by atoms with E-state index in [4.69, 9.17) is 9.47 Å². The maximum atomic E-state index is 12.7. The Hall–Kier alpha value is -2.73. The molecule has 2 aromatic rings. The second-order valence-corrected chi connectivity index (χ2v) is 6.90. The van der Waals surface area contributed by atoms with Gasteiger partial charge in [0.15, 0.2) is 0 Å². The molecule has 1 aliphatic heterocycles. The van der Waals surface area contributed by atoms with Gasteiger partial charge < -0.3 is 9.47 Å². The zero-order valence-corrected chi connectivity index (χ0v) is 15.6. The van der Waals surface area contributed by atoms with E-state index in [1.165, 1.54) is 4.90 Å². The molecule has 0 N–H and O–H groups in total. The molecule has 0 saturated carbocycles. The van der Waals surface area contributed by atoms with Crippen molar-refractivity contribution in [1.82, 2.24) is 4.90 Å². The van der Waals surface area contributed by atoms with Crippen molar-refractivity contribution in [2.75, 3.05) is 14.2 Å². The zero-order chi connectivity index (χ0) is 18.7. The lowest BCUT2D eigenvalue weighted by molar-refractivity contribution is -0.123. The Balaban J connectivity index is 1.85. The number of nitrogens with zero attached hydrogens (tertiary/aromatic N) is 1. The Labute approximate surface area is 156 Å². The van der Waals surface area contributed by atoms with Gasteiger partial charge in [-0.05, 0) is 48.0 Å². The molecule has 6 heteroatoms. The Morgan fingerprint density at radius 3 is 2.35 bits per heavy atom. The van der Waals surface area contributed by atoms with Crippen LogP contribution in [0.1, 0.15) is 16.7 Å². The van der Waals surface area contributed by atoms with Gasteiger partial charge in [0.05, 0.1) is 25.7 Å². The maximum Gasteiger partial charge on any atom is 0.293 e. The van der Waals surface area contributed by atoms with Crippen molar-refractivity contribution in [2.24, 2.45) is 0 Å². The van der Waals surface area contributed by atoms with Crippen LogP contribution >= 0.6 is 11.8 Å². The van der Waals surface area contributed by atoms with Gasteiger partial charge in [-0.2, -0.15) is 0 Å². The molecule has 1 fully saturated rings. The van der Waals surface area contributed by atoms with Crippen molar-refractivity contribution in [3.8, 4) is 11.5 Å². The van der Waals surface area contributed by atoms with E-state index in [1.54, 1.807) is 38.5 Å². The summed E-state index contributed by atoms with van der Waals surface area (Å²) in [5.74, 6) is 0.951. The molecule has 3 rings (SSSR count). The number of rotatable bonds is 5. The largest absolute Gasteiger partial charge is 0.497 e. The van der Waals surface area contributed by atoms with Crippen LogP contribution < -0.4 is 9.47 Å². The van der Waals surface area contributed by atoms with Crippen LogP contribution in [0.4, 0.5) is 4.79 Å². The predicted molar refractivity (Wildman–Crippen MR) is 102 cm³/mol. The van der Waals surface area contributed by atoms with E-state index < -0.39 is 0 Å². The Bertz CT molecular complexity index is 869. The standard InChI is InChI=1S/C20H19NO4S/c1-13-5-4-6-14(7-13)12-21-19(22)18(26-20(21)23)10-15-8-16(24-2)11-17(9-15)25-3/h4-11H,12H2,1-3H3/b18-10-. The normalized spacial score (nSPS) is 15.7. The van der Waals surface area contributed by atoms with Crippen molar-refractivity contribution in [2.45, 2.75) is 13.5 Å². The first-order valence-corrected chi connectivity index (χ1v) is 8.86. The fourth-order valence-corrected chi connectivity index (χ4v) is 3.53. The number of thioether (sulfide) groups is 1. The second-order valence-electron chi connectivity index (χ2n) is 5.90. The zero-order valence-electron chi connectivity index (χ0n) is 14.8. The third-order valence-corrected chi connectivity index (χ3v) is 4.88. The second kappa shape index (κ2) is 7.66.